The van der Waals surface area contributed by atoms with Crippen LogP contribution in [0.25, 0.3) is 5.57 Å². The summed E-state index contributed by atoms with van der Waals surface area (Å²) in [6.45, 7) is 3.22. The fourth-order valence-corrected chi connectivity index (χ4v) is 5.73. The van der Waals surface area contributed by atoms with Crippen molar-refractivity contribution < 1.29 is 9.59 Å². The molecule has 0 N–H and O–H groups in total. The second kappa shape index (κ2) is 10.9. The van der Waals surface area contributed by atoms with E-state index in [9.17, 15) is 9.59 Å². The lowest BCUT2D eigenvalue weighted by molar-refractivity contribution is -0.122. The van der Waals surface area contributed by atoms with Crippen molar-refractivity contribution in [2.75, 3.05) is 11.4 Å². The molecule has 2 amide bonds. The molecule has 4 nitrogen and oxygen atoms in total. The van der Waals surface area contributed by atoms with Gasteiger partial charge in [-0.2, -0.15) is 0 Å². The summed E-state index contributed by atoms with van der Waals surface area (Å²) < 4.78 is 0.539. The van der Waals surface area contributed by atoms with Crippen molar-refractivity contribution in [1.82, 2.24) is 4.90 Å². The molecule has 2 aromatic carbocycles. The van der Waals surface area contributed by atoms with E-state index in [1.54, 1.807) is 9.80 Å². The van der Waals surface area contributed by atoms with Crippen LogP contribution in [-0.2, 0) is 16.1 Å². The van der Waals surface area contributed by atoms with Crippen molar-refractivity contribution >= 4 is 63.0 Å². The van der Waals surface area contributed by atoms with Gasteiger partial charge in [0.1, 0.15) is 4.32 Å². The van der Waals surface area contributed by atoms with Crippen molar-refractivity contribution in [1.29, 1.82) is 0 Å². The Bertz CT molecular complexity index is 1100. The average molecular weight is 499 g/mol. The Labute approximate surface area is 210 Å². The van der Waals surface area contributed by atoms with Gasteiger partial charge in [0, 0.05) is 17.1 Å². The van der Waals surface area contributed by atoms with Crippen LogP contribution in [0.4, 0.5) is 5.69 Å². The summed E-state index contributed by atoms with van der Waals surface area (Å²) in [5.41, 5.74) is 3.03. The summed E-state index contributed by atoms with van der Waals surface area (Å²) in [4.78, 5) is 30.7. The maximum absolute atomic E-state index is 13.6. The monoisotopic (exact) mass is 498 g/mol. The topological polar surface area (TPSA) is 40.6 Å². The fraction of sp³-hybridized carbons (Fsp3) is 0.346. The second-order valence-corrected chi connectivity index (χ2v) is 10.4. The molecule has 0 spiro atoms. The molecule has 0 unspecified atom stereocenters. The van der Waals surface area contributed by atoms with Crippen LogP contribution >= 0.6 is 35.6 Å². The third kappa shape index (κ3) is 5.18. The summed E-state index contributed by atoms with van der Waals surface area (Å²) in [7, 11) is 0. The van der Waals surface area contributed by atoms with E-state index in [2.05, 4.69) is 6.92 Å². The van der Waals surface area contributed by atoms with Gasteiger partial charge in [-0.25, -0.2) is 0 Å². The summed E-state index contributed by atoms with van der Waals surface area (Å²) in [5, 5.41) is 0.654. The Hall–Kier alpha value is -2.15. The van der Waals surface area contributed by atoms with Crippen LogP contribution < -0.4 is 4.90 Å². The number of halogens is 1. The van der Waals surface area contributed by atoms with E-state index in [1.807, 2.05) is 48.5 Å². The third-order valence-electron chi connectivity index (χ3n) is 5.99. The van der Waals surface area contributed by atoms with Gasteiger partial charge in [-0.3, -0.25) is 14.5 Å². The fourth-order valence-electron chi connectivity index (χ4n) is 4.22. The van der Waals surface area contributed by atoms with Gasteiger partial charge in [0.15, 0.2) is 0 Å². The van der Waals surface area contributed by atoms with Crippen LogP contribution in [-0.4, -0.2) is 27.6 Å². The van der Waals surface area contributed by atoms with Crippen LogP contribution in [0.15, 0.2) is 53.4 Å². The molecule has 2 heterocycles. The second-order valence-electron chi connectivity index (χ2n) is 8.33. The number of carbonyl (C=O) groups is 2. The number of hydrogen-bond donors (Lipinski definition) is 0. The lowest BCUT2D eigenvalue weighted by Crippen LogP contribution is -2.30. The molecule has 2 aliphatic rings. The first-order chi connectivity index (χ1) is 16.0. The van der Waals surface area contributed by atoms with Crippen molar-refractivity contribution in [3.8, 4) is 0 Å². The van der Waals surface area contributed by atoms with E-state index in [0.29, 0.717) is 32.9 Å². The number of thiocarbonyl (C=S) groups is 1. The highest BCUT2D eigenvalue weighted by Crippen LogP contribution is 2.45. The maximum atomic E-state index is 13.6. The van der Waals surface area contributed by atoms with Crippen molar-refractivity contribution in [2.45, 2.75) is 52.0 Å². The van der Waals surface area contributed by atoms with E-state index >= 15 is 0 Å². The Morgan fingerprint density at radius 1 is 0.879 bits per heavy atom. The zero-order chi connectivity index (χ0) is 23.4. The number of rotatable bonds is 9. The number of unbranched alkanes of at least 4 members (excludes halogenated alkanes) is 5. The number of benzene rings is 2. The minimum atomic E-state index is -0.161. The quantitative estimate of drug-likeness (QED) is 0.216. The first-order valence-corrected chi connectivity index (χ1v) is 13.0. The largest absolute Gasteiger partial charge is 0.303 e. The van der Waals surface area contributed by atoms with Gasteiger partial charge in [-0.1, -0.05) is 105 Å². The molecule has 0 atom stereocenters. The van der Waals surface area contributed by atoms with Crippen LogP contribution in [0.5, 0.6) is 0 Å². The van der Waals surface area contributed by atoms with Crippen molar-refractivity contribution in [3.05, 3.63) is 69.6 Å². The third-order valence-corrected chi connectivity index (χ3v) is 7.69. The molecule has 172 valence electrons. The molecule has 0 bridgehead atoms. The highest BCUT2D eigenvalue weighted by atomic mass is 35.5. The molecular formula is C26H27ClN2O2S2. The van der Waals surface area contributed by atoms with E-state index in [1.165, 1.54) is 37.4 Å². The first kappa shape index (κ1) is 24.0. The number of thioether (sulfide) groups is 1. The van der Waals surface area contributed by atoms with Gasteiger partial charge >= 0.3 is 0 Å². The minimum Gasteiger partial charge on any atom is -0.303 e. The van der Waals surface area contributed by atoms with Gasteiger partial charge in [-0.05, 0) is 30.2 Å². The smallest absolute Gasteiger partial charge is 0.267 e. The van der Waals surface area contributed by atoms with Crippen LogP contribution in [0, 0.1) is 0 Å². The van der Waals surface area contributed by atoms with E-state index in [4.69, 9.17) is 23.8 Å². The Balaban J connectivity index is 1.55. The summed E-state index contributed by atoms with van der Waals surface area (Å²) >= 11 is 12.8. The summed E-state index contributed by atoms with van der Waals surface area (Å²) in [5.74, 6) is -0.309. The Morgan fingerprint density at radius 3 is 2.33 bits per heavy atom. The molecule has 4 rings (SSSR count). The molecule has 0 radical (unpaired) electrons. The van der Waals surface area contributed by atoms with E-state index < -0.39 is 0 Å². The average Bonchev–Trinajstić information content (AvgIpc) is 3.24. The number of amides is 2. The molecule has 7 heteroatoms. The maximum Gasteiger partial charge on any atom is 0.267 e. The van der Waals surface area contributed by atoms with Gasteiger partial charge in [0.2, 0.25) is 0 Å². The molecule has 0 saturated carbocycles. The highest BCUT2D eigenvalue weighted by Gasteiger charge is 2.41. The van der Waals surface area contributed by atoms with Crippen LogP contribution in [0.3, 0.4) is 0 Å². The molecule has 0 aliphatic carbocycles. The van der Waals surface area contributed by atoms with E-state index in [0.717, 1.165) is 29.7 Å². The van der Waals surface area contributed by atoms with E-state index in [-0.39, 0.29) is 11.8 Å². The van der Waals surface area contributed by atoms with Gasteiger partial charge in [0.25, 0.3) is 11.8 Å². The van der Waals surface area contributed by atoms with Crippen molar-refractivity contribution in [2.24, 2.45) is 0 Å². The standard InChI is InChI=1S/C26H27ClN2O2S2/c1-2-3-4-5-6-9-16-28-25(31)23(33-26(28)32)22-20-10-7-8-11-21(20)29(24(22)30)17-18-12-14-19(27)15-13-18/h7-8,10-15H,2-6,9,16-17H2,1H3. The van der Waals surface area contributed by atoms with Crippen LogP contribution in [0.2, 0.25) is 5.02 Å². The zero-order valence-corrected chi connectivity index (χ0v) is 21.1. The SMILES string of the molecule is CCCCCCCCN1C(=O)C(=C2C(=O)N(Cc3ccc(Cl)cc3)c3ccccc32)SC1=S. The molecule has 2 aliphatic heterocycles. The predicted molar refractivity (Wildman–Crippen MR) is 141 cm³/mol. The van der Waals surface area contributed by atoms with Gasteiger partial charge in [0.05, 0.1) is 22.7 Å². The molecule has 33 heavy (non-hydrogen) atoms. The molecule has 1 fully saturated rings. The van der Waals surface area contributed by atoms with Crippen molar-refractivity contribution in [3.63, 3.8) is 0 Å². The van der Waals surface area contributed by atoms with Gasteiger partial charge in [-0.15, -0.1) is 0 Å². The predicted octanol–water partition coefficient (Wildman–Crippen LogP) is 6.82. The lowest BCUT2D eigenvalue weighted by Gasteiger charge is -2.17. The normalized spacial score (nSPS) is 17.9. The zero-order valence-electron chi connectivity index (χ0n) is 18.7. The number of nitrogens with zero attached hydrogens (tertiary/aromatic N) is 2. The first-order valence-electron chi connectivity index (χ1n) is 11.4. The van der Waals surface area contributed by atoms with Crippen LogP contribution in [0.1, 0.15) is 56.6 Å². The minimum absolute atomic E-state index is 0.148. The molecular weight excluding hydrogens is 472 g/mol. The highest BCUT2D eigenvalue weighted by molar-refractivity contribution is 8.26. The molecule has 0 aromatic heterocycles. The Kier molecular flexibility index (Phi) is 7.89. The summed E-state index contributed by atoms with van der Waals surface area (Å²) in [6.07, 6.45) is 6.88. The lowest BCUT2D eigenvalue weighted by atomic mass is 10.1. The number of fused-ring (bicyclic) bond motifs is 1. The number of anilines is 1. The number of carbonyl (C=O) groups excluding carboxylic acids is 2. The Morgan fingerprint density at radius 2 is 1.58 bits per heavy atom. The van der Waals surface area contributed by atoms with Gasteiger partial charge < -0.3 is 4.90 Å². The number of para-hydroxylation sites is 1. The molecule has 1 saturated heterocycles. The number of hydrogen-bond acceptors (Lipinski definition) is 4. The molecule has 2 aromatic rings. The summed E-state index contributed by atoms with van der Waals surface area (Å²) in [6, 6.07) is 15.1.